The summed E-state index contributed by atoms with van der Waals surface area (Å²) in [6.45, 7) is 14.4. The topological polar surface area (TPSA) is 65.0 Å². The van der Waals surface area contributed by atoms with Crippen LogP contribution in [0.1, 0.15) is 253 Å². The van der Waals surface area contributed by atoms with Gasteiger partial charge in [0.05, 0.1) is 0 Å². The monoisotopic (exact) mass is 983 g/mol. The van der Waals surface area contributed by atoms with Crippen LogP contribution in [0.25, 0.3) is 0 Å². The van der Waals surface area contributed by atoms with Crippen molar-refractivity contribution < 1.29 is 20.8 Å². The quantitative estimate of drug-likeness (QED) is 0.0285. The molecule has 2 atom stereocenters. The van der Waals surface area contributed by atoms with E-state index in [0.717, 1.165) is 19.3 Å². The van der Waals surface area contributed by atoms with Crippen LogP contribution in [0, 0.1) is 0 Å². The summed E-state index contributed by atoms with van der Waals surface area (Å²) in [4.78, 5) is 12.1. The van der Waals surface area contributed by atoms with E-state index in [9.17, 15) is 9.90 Å². The molecule has 0 aliphatic heterocycles. The van der Waals surface area contributed by atoms with Gasteiger partial charge in [-0.3, -0.25) is 0 Å². The predicted octanol–water partition coefficient (Wildman–Crippen LogP) is 17.1. The molecule has 324 valence electrons. The molecule has 0 saturated carbocycles. The number of unbranched alkanes of at least 4 members (excludes halogenated alkanes) is 25. The molecule has 0 aliphatic rings. The van der Waals surface area contributed by atoms with E-state index in [2.05, 4.69) is 41.5 Å². The van der Waals surface area contributed by atoms with Gasteiger partial charge in [0, 0.05) is 0 Å². The predicted molar refractivity (Wildman–Crippen MR) is 242 cm³/mol. The number of carboxylic acid groups (broad SMARTS) is 1. The Kier molecular flexibility index (Phi) is 42.5. The van der Waals surface area contributed by atoms with Crippen molar-refractivity contribution in [2.45, 2.75) is 281 Å². The van der Waals surface area contributed by atoms with Crippen LogP contribution >= 0.6 is 0 Å². The number of ether oxygens (including phenoxy) is 2. The van der Waals surface area contributed by atoms with Crippen LogP contribution in [0.4, 0.5) is 4.79 Å². The minimum absolute atomic E-state index is 0.475. The summed E-state index contributed by atoms with van der Waals surface area (Å²) >= 11 is -5.67. The summed E-state index contributed by atoms with van der Waals surface area (Å²) in [6.07, 6.45) is 40.7. The van der Waals surface area contributed by atoms with Gasteiger partial charge in [0.25, 0.3) is 0 Å². The summed E-state index contributed by atoms with van der Waals surface area (Å²) in [5.41, 5.74) is 0. The van der Waals surface area contributed by atoms with Crippen LogP contribution in [-0.2, 0) is 10.9 Å². The molecule has 0 amide bonds. The van der Waals surface area contributed by atoms with Crippen LogP contribution in [-0.4, -0.2) is 63.1 Å². The van der Waals surface area contributed by atoms with Gasteiger partial charge >= 0.3 is 354 Å². The summed E-state index contributed by atoms with van der Waals surface area (Å²) in [6, 6.07) is 0. The fourth-order valence-electron chi connectivity index (χ4n) is 8.52. The second-order valence-electron chi connectivity index (χ2n) is 17.1. The zero-order valence-electron chi connectivity index (χ0n) is 37.7. The van der Waals surface area contributed by atoms with Gasteiger partial charge in [0.15, 0.2) is 0 Å². The van der Waals surface area contributed by atoms with Crippen molar-refractivity contribution in [2.24, 2.45) is 0 Å². The standard InChI is InChI=1S/C15H29O4.4C8H17.O.2Sn.H/c1-3-5-7-9-11-13-18-14(19-15(16)17)12-10-8-6-4-2;4*1-3-5-7-8-6-4-2;;;;/h10,14H,3-9,11-13H2,1-2H3,(H,16,17);4*1,3-8H2,2H3;;;;. The van der Waals surface area contributed by atoms with Crippen molar-refractivity contribution in [3.8, 4) is 0 Å². The van der Waals surface area contributed by atoms with Crippen molar-refractivity contribution in [2.75, 3.05) is 6.61 Å². The van der Waals surface area contributed by atoms with E-state index in [1.807, 2.05) is 0 Å². The van der Waals surface area contributed by atoms with Crippen LogP contribution in [0.3, 0.4) is 0 Å². The van der Waals surface area contributed by atoms with Crippen LogP contribution in [0.2, 0.25) is 21.7 Å². The third-order valence-corrected chi connectivity index (χ3v) is 48.2. The third kappa shape index (κ3) is 32.7. The molecule has 0 bridgehead atoms. The van der Waals surface area contributed by atoms with Crippen LogP contribution in [0.5, 0.6) is 0 Å². The maximum atomic E-state index is 12.1. The molecule has 0 fully saturated rings. The average molecular weight is 981 g/mol. The summed E-state index contributed by atoms with van der Waals surface area (Å²) in [5.74, 6) is 0. The Morgan fingerprint density at radius 3 is 1.28 bits per heavy atom. The molecule has 0 heterocycles. The molecule has 0 aromatic rings. The molecule has 0 aromatic carbocycles. The number of hydrogen-bond acceptors (Lipinski definition) is 4. The second kappa shape index (κ2) is 41.9. The molecular weight excluding hydrogens is 882 g/mol. The van der Waals surface area contributed by atoms with Gasteiger partial charge in [-0.15, -0.1) is 0 Å². The minimum atomic E-state index is -3.33. The summed E-state index contributed by atoms with van der Waals surface area (Å²) in [7, 11) is 0. The van der Waals surface area contributed by atoms with E-state index < -0.39 is 51.4 Å². The van der Waals surface area contributed by atoms with Gasteiger partial charge < -0.3 is 0 Å². The maximum absolute atomic E-state index is 12.1. The Bertz CT molecular complexity index is 736. The Balaban J connectivity index is 6.60. The van der Waals surface area contributed by atoms with Gasteiger partial charge in [0.2, 0.25) is 0 Å². The zero-order chi connectivity index (χ0) is 39.8. The normalized spacial score (nSPS) is 13.2. The molecule has 0 rings (SSSR count). The van der Waals surface area contributed by atoms with E-state index in [1.54, 1.807) is 0 Å². The molecular formula is C47H98O5Sn2. The van der Waals surface area contributed by atoms with Crippen molar-refractivity contribution >= 4 is 45.1 Å². The molecule has 0 radical (unpaired) electrons. The molecule has 0 spiro atoms. The molecule has 0 saturated heterocycles. The first-order valence-electron chi connectivity index (χ1n) is 24.6. The molecule has 0 aromatic heterocycles. The van der Waals surface area contributed by atoms with E-state index in [0.29, 0.717) is 10.5 Å². The van der Waals surface area contributed by atoms with Crippen molar-refractivity contribution in [3.05, 3.63) is 0 Å². The number of rotatable bonds is 44. The third-order valence-electron chi connectivity index (χ3n) is 12.0. The zero-order valence-corrected chi connectivity index (χ0v) is 43.8. The Hall–Kier alpha value is 0.787. The summed E-state index contributed by atoms with van der Waals surface area (Å²) < 4.78 is 26.3. The van der Waals surface area contributed by atoms with Crippen LogP contribution in [0.15, 0.2) is 0 Å². The number of hydrogen-bond donors (Lipinski definition) is 1. The van der Waals surface area contributed by atoms with Gasteiger partial charge in [-0.05, 0) is 0 Å². The SMILES string of the molecule is CCCCCCC[CH2][SnH]([CH2]CCCCCCC)[O][Sn]([CH2]CCCCCCC)([CH2]CCCCCCC)[CH](CCCC)CC(OCCCCCCC)OC(=O)O. The van der Waals surface area contributed by atoms with Gasteiger partial charge in [-0.1, -0.05) is 0 Å². The van der Waals surface area contributed by atoms with E-state index in [4.69, 9.17) is 10.9 Å². The van der Waals surface area contributed by atoms with Crippen LogP contribution < -0.4 is 0 Å². The van der Waals surface area contributed by atoms with E-state index in [1.165, 1.54) is 210 Å². The van der Waals surface area contributed by atoms with Gasteiger partial charge in [-0.2, -0.15) is 0 Å². The molecule has 1 N–H and O–H groups in total. The molecule has 2 unspecified atom stereocenters. The first-order valence-corrected chi connectivity index (χ1v) is 37.5. The first kappa shape index (κ1) is 54.8. The molecule has 7 heteroatoms. The van der Waals surface area contributed by atoms with Crippen molar-refractivity contribution in [3.63, 3.8) is 0 Å². The summed E-state index contributed by atoms with van der Waals surface area (Å²) in [5, 5.41) is 9.93. The fourth-order valence-corrected chi connectivity index (χ4v) is 54.5. The molecule has 54 heavy (non-hydrogen) atoms. The van der Waals surface area contributed by atoms with E-state index >= 15 is 0 Å². The van der Waals surface area contributed by atoms with Gasteiger partial charge in [0.1, 0.15) is 0 Å². The number of carbonyl (C=O) groups is 1. The Morgan fingerprint density at radius 2 is 0.870 bits per heavy atom. The van der Waals surface area contributed by atoms with Gasteiger partial charge in [-0.25, -0.2) is 0 Å². The Morgan fingerprint density at radius 1 is 0.500 bits per heavy atom. The van der Waals surface area contributed by atoms with Crippen molar-refractivity contribution in [1.29, 1.82) is 0 Å². The van der Waals surface area contributed by atoms with Crippen molar-refractivity contribution in [1.82, 2.24) is 0 Å². The van der Waals surface area contributed by atoms with E-state index in [-0.39, 0.29) is 0 Å². The Labute approximate surface area is 351 Å². The fraction of sp³-hybridized carbons (Fsp3) is 0.979. The first-order chi connectivity index (χ1) is 26.4. The average Bonchev–Trinajstić information content (AvgIpc) is 3.16. The second-order valence-corrected chi connectivity index (χ2v) is 40.4. The molecule has 0 aliphatic carbocycles. The molecule has 5 nitrogen and oxygen atoms in total.